The van der Waals surface area contributed by atoms with Gasteiger partial charge in [-0.25, -0.2) is 9.97 Å². The molecule has 2 heterocycles. The van der Waals surface area contributed by atoms with Crippen molar-refractivity contribution < 1.29 is 13.2 Å². The van der Waals surface area contributed by atoms with Gasteiger partial charge in [-0.05, 0) is 23.8 Å². The van der Waals surface area contributed by atoms with Crippen molar-refractivity contribution in [1.29, 1.82) is 0 Å². The molecule has 0 atom stereocenters. The number of anilines is 2. The number of hydrogen-bond acceptors (Lipinski definition) is 4. The second-order valence-electron chi connectivity index (χ2n) is 6.95. The molecule has 0 aliphatic heterocycles. The summed E-state index contributed by atoms with van der Waals surface area (Å²) in [5.41, 5.74) is 7.88. The van der Waals surface area contributed by atoms with E-state index in [9.17, 15) is 13.2 Å². The molecule has 0 unspecified atom stereocenters. The fraction of sp³-hybridized carbons (Fsp3) is 0.0833. The van der Waals surface area contributed by atoms with Gasteiger partial charge in [0.25, 0.3) is 0 Å². The van der Waals surface area contributed by atoms with E-state index in [0.717, 1.165) is 23.4 Å². The number of nitrogens with zero attached hydrogens (tertiary/aromatic N) is 2. The average Bonchev–Trinajstić information content (AvgIpc) is 2.78. The SMILES string of the molecule is Nc1nccc(C(F)(F)F)c1-c1cc(NCc2ccccc2)cc(-c2ccccc2)n1. The maximum absolute atomic E-state index is 13.7. The van der Waals surface area contributed by atoms with Gasteiger partial charge < -0.3 is 11.1 Å². The van der Waals surface area contributed by atoms with Crippen molar-refractivity contribution in [2.75, 3.05) is 11.1 Å². The number of aromatic nitrogens is 2. The number of hydrogen-bond donors (Lipinski definition) is 2. The highest BCUT2D eigenvalue weighted by Gasteiger charge is 2.35. The Balaban J connectivity index is 1.83. The minimum Gasteiger partial charge on any atom is -0.383 e. The molecule has 0 spiro atoms. The molecule has 2 aromatic heterocycles. The second-order valence-corrected chi connectivity index (χ2v) is 6.95. The monoisotopic (exact) mass is 420 g/mol. The van der Waals surface area contributed by atoms with Crippen LogP contribution in [0.25, 0.3) is 22.5 Å². The number of pyridine rings is 2. The normalized spacial score (nSPS) is 11.3. The van der Waals surface area contributed by atoms with Crippen LogP contribution in [0.5, 0.6) is 0 Å². The first kappa shape index (κ1) is 20.4. The molecular weight excluding hydrogens is 401 g/mol. The molecule has 0 fully saturated rings. The Morgan fingerprint density at radius 2 is 1.48 bits per heavy atom. The first-order chi connectivity index (χ1) is 14.9. The maximum Gasteiger partial charge on any atom is 0.417 e. The Bertz CT molecular complexity index is 1180. The Morgan fingerprint density at radius 1 is 0.839 bits per heavy atom. The third-order valence-electron chi connectivity index (χ3n) is 4.78. The minimum absolute atomic E-state index is 0.106. The second kappa shape index (κ2) is 8.47. The predicted molar refractivity (Wildman–Crippen MR) is 116 cm³/mol. The topological polar surface area (TPSA) is 63.8 Å². The summed E-state index contributed by atoms with van der Waals surface area (Å²) in [6, 6.07) is 23.3. The third kappa shape index (κ3) is 4.66. The van der Waals surface area contributed by atoms with Crippen molar-refractivity contribution in [2.24, 2.45) is 0 Å². The number of alkyl halides is 3. The molecule has 0 aliphatic carbocycles. The highest BCUT2D eigenvalue weighted by Crippen LogP contribution is 2.40. The first-order valence-electron chi connectivity index (χ1n) is 9.59. The number of nitrogens with two attached hydrogens (primary N) is 1. The zero-order valence-electron chi connectivity index (χ0n) is 16.4. The standard InChI is InChI=1S/C24H19F3N4/c25-24(26,27)19-11-12-29-23(28)22(19)21-14-18(30-15-16-7-3-1-4-8-16)13-20(31-21)17-9-5-2-6-10-17/h1-14H,15H2,(H2,28,29)(H,30,31). The summed E-state index contributed by atoms with van der Waals surface area (Å²) in [6.07, 6.45) is -3.54. The Morgan fingerprint density at radius 3 is 2.16 bits per heavy atom. The summed E-state index contributed by atoms with van der Waals surface area (Å²) >= 11 is 0. The van der Waals surface area contributed by atoms with E-state index in [-0.39, 0.29) is 17.1 Å². The smallest absolute Gasteiger partial charge is 0.383 e. The van der Waals surface area contributed by atoms with Crippen LogP contribution in [0.4, 0.5) is 24.7 Å². The molecule has 7 heteroatoms. The number of nitrogens with one attached hydrogen (secondary N) is 1. The summed E-state index contributed by atoms with van der Waals surface area (Å²) < 4.78 is 41.0. The van der Waals surface area contributed by atoms with E-state index in [1.54, 1.807) is 6.07 Å². The summed E-state index contributed by atoms with van der Waals surface area (Å²) in [7, 11) is 0. The fourth-order valence-electron chi connectivity index (χ4n) is 3.30. The number of nitrogen functional groups attached to an aromatic ring is 1. The van der Waals surface area contributed by atoms with Crippen LogP contribution in [0.15, 0.2) is 85.1 Å². The largest absolute Gasteiger partial charge is 0.417 e. The molecule has 0 saturated heterocycles. The van der Waals surface area contributed by atoms with Crippen molar-refractivity contribution in [3.05, 3.63) is 96.2 Å². The lowest BCUT2D eigenvalue weighted by Gasteiger charge is -2.16. The highest BCUT2D eigenvalue weighted by molar-refractivity contribution is 5.79. The van der Waals surface area contributed by atoms with Gasteiger partial charge >= 0.3 is 6.18 Å². The lowest BCUT2D eigenvalue weighted by atomic mass is 10.0. The maximum atomic E-state index is 13.7. The molecule has 4 aromatic rings. The van der Waals surface area contributed by atoms with Crippen LogP contribution < -0.4 is 11.1 Å². The van der Waals surface area contributed by atoms with Gasteiger partial charge in [0.15, 0.2) is 0 Å². The molecule has 0 aliphatic rings. The molecule has 3 N–H and O–H groups in total. The average molecular weight is 420 g/mol. The van der Waals surface area contributed by atoms with Gasteiger partial charge in [0.1, 0.15) is 5.82 Å². The number of halogens is 3. The van der Waals surface area contributed by atoms with E-state index >= 15 is 0 Å². The number of benzene rings is 2. The summed E-state index contributed by atoms with van der Waals surface area (Å²) in [6.45, 7) is 0.507. The van der Waals surface area contributed by atoms with Gasteiger partial charge in [-0.1, -0.05) is 60.7 Å². The van der Waals surface area contributed by atoms with E-state index in [1.807, 2.05) is 66.7 Å². The molecule has 0 amide bonds. The quantitative estimate of drug-likeness (QED) is 0.414. The minimum atomic E-state index is -4.59. The Hall–Kier alpha value is -3.87. The number of rotatable bonds is 5. The third-order valence-corrected chi connectivity index (χ3v) is 4.78. The van der Waals surface area contributed by atoms with Crippen LogP contribution in [0, 0.1) is 0 Å². The van der Waals surface area contributed by atoms with E-state index < -0.39 is 11.7 Å². The van der Waals surface area contributed by atoms with Gasteiger partial charge in [-0.15, -0.1) is 0 Å². The Labute approximate surface area is 177 Å². The van der Waals surface area contributed by atoms with E-state index in [1.165, 1.54) is 0 Å². The molecule has 0 radical (unpaired) electrons. The molecule has 31 heavy (non-hydrogen) atoms. The van der Waals surface area contributed by atoms with Gasteiger partial charge in [-0.3, -0.25) is 0 Å². The lowest BCUT2D eigenvalue weighted by molar-refractivity contribution is -0.137. The fourth-order valence-corrected chi connectivity index (χ4v) is 3.30. The Kier molecular flexibility index (Phi) is 5.58. The molecule has 156 valence electrons. The van der Waals surface area contributed by atoms with E-state index in [4.69, 9.17) is 5.73 Å². The summed E-state index contributed by atoms with van der Waals surface area (Å²) in [5, 5.41) is 3.28. The highest BCUT2D eigenvalue weighted by atomic mass is 19.4. The van der Waals surface area contributed by atoms with E-state index in [0.29, 0.717) is 17.9 Å². The van der Waals surface area contributed by atoms with Crippen LogP contribution in [0.3, 0.4) is 0 Å². The summed E-state index contributed by atoms with van der Waals surface area (Å²) in [5.74, 6) is -0.221. The summed E-state index contributed by atoms with van der Waals surface area (Å²) in [4.78, 5) is 8.38. The molecule has 0 bridgehead atoms. The van der Waals surface area contributed by atoms with Crippen molar-refractivity contribution in [3.63, 3.8) is 0 Å². The van der Waals surface area contributed by atoms with Gasteiger partial charge in [0.2, 0.25) is 0 Å². The molecular formula is C24H19F3N4. The molecule has 2 aromatic carbocycles. The van der Waals surface area contributed by atoms with Crippen LogP contribution in [0.2, 0.25) is 0 Å². The molecule has 4 rings (SSSR count). The van der Waals surface area contributed by atoms with Crippen molar-refractivity contribution in [2.45, 2.75) is 12.7 Å². The first-order valence-corrected chi connectivity index (χ1v) is 9.59. The molecule has 4 nitrogen and oxygen atoms in total. The van der Waals surface area contributed by atoms with Gasteiger partial charge in [0, 0.05) is 24.0 Å². The van der Waals surface area contributed by atoms with E-state index in [2.05, 4.69) is 15.3 Å². The zero-order valence-corrected chi connectivity index (χ0v) is 16.4. The molecule has 0 saturated carbocycles. The zero-order chi connectivity index (χ0) is 21.8. The van der Waals surface area contributed by atoms with Crippen LogP contribution in [0.1, 0.15) is 11.1 Å². The van der Waals surface area contributed by atoms with Crippen molar-refractivity contribution >= 4 is 11.5 Å². The van der Waals surface area contributed by atoms with Crippen molar-refractivity contribution in [3.8, 4) is 22.5 Å². The van der Waals surface area contributed by atoms with Crippen LogP contribution in [-0.4, -0.2) is 9.97 Å². The van der Waals surface area contributed by atoms with Crippen molar-refractivity contribution in [1.82, 2.24) is 9.97 Å². The van der Waals surface area contributed by atoms with Gasteiger partial charge in [0.05, 0.1) is 22.5 Å². The van der Waals surface area contributed by atoms with Crippen LogP contribution in [-0.2, 0) is 12.7 Å². The predicted octanol–water partition coefficient (Wildman–Crippen LogP) is 6.02. The lowest BCUT2D eigenvalue weighted by Crippen LogP contribution is -2.11. The van der Waals surface area contributed by atoms with Gasteiger partial charge in [-0.2, -0.15) is 13.2 Å². The van der Waals surface area contributed by atoms with Crippen LogP contribution >= 0.6 is 0 Å².